The smallest absolute Gasteiger partial charge is 0.175 e. The van der Waals surface area contributed by atoms with Crippen LogP contribution in [0.15, 0.2) is 35.2 Å². The van der Waals surface area contributed by atoms with Crippen LogP contribution < -0.4 is 9.64 Å². The van der Waals surface area contributed by atoms with Crippen LogP contribution in [0.2, 0.25) is 0 Å². The molecule has 0 N–H and O–H groups in total. The minimum Gasteiger partial charge on any atom is -0.493 e. The third-order valence-electron chi connectivity index (χ3n) is 4.46. The van der Waals surface area contributed by atoms with Crippen molar-refractivity contribution in [3.05, 3.63) is 41.6 Å². The molecule has 0 atom stereocenters. The lowest BCUT2D eigenvalue weighted by Gasteiger charge is -2.23. The summed E-state index contributed by atoms with van der Waals surface area (Å²) < 4.78 is 29.9. The van der Waals surface area contributed by atoms with E-state index < -0.39 is 9.84 Å². The van der Waals surface area contributed by atoms with Gasteiger partial charge in [-0.1, -0.05) is 0 Å². The van der Waals surface area contributed by atoms with Gasteiger partial charge in [0.15, 0.2) is 21.3 Å². The zero-order chi connectivity index (χ0) is 19.4. The molecule has 1 saturated carbocycles. The van der Waals surface area contributed by atoms with Crippen molar-refractivity contribution in [3.8, 4) is 11.8 Å². The first-order valence-electron chi connectivity index (χ1n) is 8.85. The lowest BCUT2D eigenvalue weighted by Crippen LogP contribution is -2.24. The summed E-state index contributed by atoms with van der Waals surface area (Å²) in [4.78, 5) is 2.22. The Bertz CT molecular complexity index is 948. The lowest BCUT2D eigenvalue weighted by molar-refractivity contribution is 0.296. The van der Waals surface area contributed by atoms with Crippen LogP contribution in [0, 0.1) is 17.2 Å². The molecule has 0 radical (unpaired) electrons. The quantitative estimate of drug-likeness (QED) is 0.688. The summed E-state index contributed by atoms with van der Waals surface area (Å²) in [5.41, 5.74) is 1.04. The largest absolute Gasteiger partial charge is 0.493 e. The second kappa shape index (κ2) is 7.92. The van der Waals surface area contributed by atoms with E-state index in [2.05, 4.69) is 10.2 Å². The number of hydrogen-bond acceptors (Lipinski definition) is 7. The van der Waals surface area contributed by atoms with Crippen molar-refractivity contribution in [1.29, 1.82) is 5.26 Å². The number of rotatable bonds is 8. The van der Waals surface area contributed by atoms with Crippen LogP contribution in [-0.4, -0.2) is 38.0 Å². The van der Waals surface area contributed by atoms with Gasteiger partial charge in [0.05, 0.1) is 11.5 Å². The molecule has 0 unspecified atom stereocenters. The van der Waals surface area contributed by atoms with Crippen molar-refractivity contribution in [2.45, 2.75) is 31.2 Å². The van der Waals surface area contributed by atoms with Crippen LogP contribution in [0.3, 0.4) is 0 Å². The summed E-state index contributed by atoms with van der Waals surface area (Å²) in [5.74, 6) is 1.91. The molecule has 0 saturated heterocycles. The number of nitriles is 1. The summed E-state index contributed by atoms with van der Waals surface area (Å²) in [6, 6.07) is 10.3. The van der Waals surface area contributed by atoms with Crippen LogP contribution in [-0.2, 0) is 16.4 Å². The molecule has 142 valence electrons. The maximum atomic E-state index is 12.0. The number of sulfone groups is 1. The predicted molar refractivity (Wildman–Crippen MR) is 101 cm³/mol. The first-order chi connectivity index (χ1) is 12.9. The van der Waals surface area contributed by atoms with E-state index in [4.69, 9.17) is 10.00 Å². The molecule has 1 aromatic heterocycles. The number of nitrogens with zero attached hydrogens (tertiary/aromatic N) is 4. The molecule has 8 heteroatoms. The molecular formula is C19H22N4O3S. The summed E-state index contributed by atoms with van der Waals surface area (Å²) in [7, 11) is -3.32. The van der Waals surface area contributed by atoms with Gasteiger partial charge < -0.3 is 9.64 Å². The molecule has 0 spiro atoms. The predicted octanol–water partition coefficient (Wildman–Crippen LogP) is 2.57. The Kier molecular flexibility index (Phi) is 5.61. The monoisotopic (exact) mass is 386 g/mol. The Hall–Kier alpha value is -2.66. The molecule has 1 heterocycles. The average Bonchev–Trinajstić information content (AvgIpc) is 3.48. The van der Waals surface area contributed by atoms with Gasteiger partial charge in [-0.25, -0.2) is 8.42 Å². The van der Waals surface area contributed by atoms with E-state index in [0.717, 1.165) is 5.56 Å². The van der Waals surface area contributed by atoms with E-state index in [1.165, 1.54) is 19.1 Å². The zero-order valence-corrected chi connectivity index (χ0v) is 16.2. The minimum atomic E-state index is -3.32. The second-order valence-electron chi connectivity index (χ2n) is 6.70. The molecule has 2 aromatic rings. The third-order valence-corrected chi connectivity index (χ3v) is 5.57. The van der Waals surface area contributed by atoms with Crippen LogP contribution in [0.4, 0.5) is 5.82 Å². The fourth-order valence-corrected chi connectivity index (χ4v) is 3.33. The highest BCUT2D eigenvalue weighted by Crippen LogP contribution is 2.31. The number of anilines is 1. The molecule has 1 aliphatic rings. The fourth-order valence-electron chi connectivity index (χ4n) is 2.66. The fraction of sp³-hybridized carbons (Fsp3) is 0.421. The van der Waals surface area contributed by atoms with Crippen molar-refractivity contribution < 1.29 is 13.2 Å². The first-order valence-corrected chi connectivity index (χ1v) is 10.7. The van der Waals surface area contributed by atoms with Crippen LogP contribution >= 0.6 is 0 Å². The van der Waals surface area contributed by atoms with Gasteiger partial charge in [-0.2, -0.15) is 5.26 Å². The maximum absolute atomic E-state index is 12.0. The zero-order valence-electron chi connectivity index (χ0n) is 15.4. The van der Waals surface area contributed by atoms with E-state index >= 15 is 0 Å². The molecule has 1 aromatic carbocycles. The molecule has 27 heavy (non-hydrogen) atoms. The summed E-state index contributed by atoms with van der Waals surface area (Å²) >= 11 is 0. The molecule has 0 aliphatic heterocycles. The minimum absolute atomic E-state index is 0.252. The molecule has 1 aliphatic carbocycles. The van der Waals surface area contributed by atoms with Gasteiger partial charge in [-0.3, -0.25) is 0 Å². The van der Waals surface area contributed by atoms with Gasteiger partial charge in [-0.05, 0) is 56.0 Å². The average molecular weight is 386 g/mol. The van der Waals surface area contributed by atoms with Gasteiger partial charge in [-0.15, -0.1) is 10.2 Å². The maximum Gasteiger partial charge on any atom is 0.175 e. The van der Waals surface area contributed by atoms with Crippen molar-refractivity contribution in [2.75, 3.05) is 24.3 Å². The summed E-state index contributed by atoms with van der Waals surface area (Å²) in [6.07, 6.45) is 3.55. The number of hydrogen-bond donors (Lipinski definition) is 0. The van der Waals surface area contributed by atoms with E-state index in [1.807, 2.05) is 17.9 Å². The highest BCUT2D eigenvalue weighted by molar-refractivity contribution is 7.90. The van der Waals surface area contributed by atoms with Crippen LogP contribution in [0.1, 0.15) is 31.0 Å². The Morgan fingerprint density at radius 3 is 2.59 bits per heavy atom. The Morgan fingerprint density at radius 2 is 2.04 bits per heavy atom. The first kappa shape index (κ1) is 19.1. The molecule has 7 nitrogen and oxygen atoms in total. The van der Waals surface area contributed by atoms with E-state index in [1.54, 1.807) is 30.3 Å². The highest BCUT2D eigenvalue weighted by Gasteiger charge is 2.23. The summed E-state index contributed by atoms with van der Waals surface area (Å²) in [5, 5.41) is 16.8. The lowest BCUT2D eigenvalue weighted by atomic mass is 10.2. The van der Waals surface area contributed by atoms with Crippen molar-refractivity contribution in [3.63, 3.8) is 0 Å². The summed E-state index contributed by atoms with van der Waals surface area (Å²) in [6.45, 7) is 3.70. The van der Waals surface area contributed by atoms with Gasteiger partial charge in [0.1, 0.15) is 11.8 Å². The molecule has 0 bridgehead atoms. The van der Waals surface area contributed by atoms with Gasteiger partial charge >= 0.3 is 0 Å². The van der Waals surface area contributed by atoms with Gasteiger partial charge in [0.2, 0.25) is 0 Å². The van der Waals surface area contributed by atoms with Crippen LogP contribution in [0.25, 0.3) is 0 Å². The number of ether oxygens (including phenoxy) is 1. The molecule has 0 amide bonds. The molecule has 1 fully saturated rings. The number of benzene rings is 1. The SMILES string of the molecule is CCN(Cc1cc(S(C)(=O)=O)ccc1OCC1CC1)c1ccc(C#N)nn1. The highest BCUT2D eigenvalue weighted by atomic mass is 32.2. The number of aromatic nitrogens is 2. The van der Waals surface area contributed by atoms with Crippen molar-refractivity contribution in [2.24, 2.45) is 5.92 Å². The van der Waals surface area contributed by atoms with Crippen molar-refractivity contribution in [1.82, 2.24) is 10.2 Å². The van der Waals surface area contributed by atoms with E-state index in [0.29, 0.717) is 37.2 Å². The molecule has 3 rings (SSSR count). The third kappa shape index (κ3) is 4.95. The second-order valence-corrected chi connectivity index (χ2v) is 8.71. The Morgan fingerprint density at radius 1 is 1.26 bits per heavy atom. The van der Waals surface area contributed by atoms with Crippen molar-refractivity contribution >= 4 is 15.7 Å². The van der Waals surface area contributed by atoms with E-state index in [-0.39, 0.29) is 10.6 Å². The topological polar surface area (TPSA) is 96.2 Å². The van der Waals surface area contributed by atoms with Gasteiger partial charge in [0.25, 0.3) is 0 Å². The van der Waals surface area contributed by atoms with Crippen LogP contribution in [0.5, 0.6) is 5.75 Å². The molecular weight excluding hydrogens is 364 g/mol. The van der Waals surface area contributed by atoms with E-state index in [9.17, 15) is 8.42 Å². The van der Waals surface area contributed by atoms with Gasteiger partial charge in [0, 0.05) is 24.9 Å². The Labute approximate surface area is 159 Å². The normalized spacial score (nSPS) is 13.8. The standard InChI is InChI=1S/C19H22N4O3S/c1-3-23(19-9-6-16(11-20)21-22-19)12-15-10-17(27(2,24)25)7-8-18(15)26-13-14-4-5-14/h6-10,14H,3-5,12-13H2,1-2H3. The Balaban J connectivity index is 1.89.